The van der Waals surface area contributed by atoms with E-state index in [1.54, 1.807) is 6.08 Å². The molecule has 1 saturated heterocycles. The van der Waals surface area contributed by atoms with Crippen LogP contribution in [0, 0.1) is 0 Å². The molecule has 0 aromatic carbocycles. The second kappa shape index (κ2) is 50.4. The lowest BCUT2D eigenvalue weighted by Gasteiger charge is -2.40. The second-order valence-corrected chi connectivity index (χ2v) is 20.4. The smallest absolute Gasteiger partial charge is 0.220 e. The third-order valence-corrected chi connectivity index (χ3v) is 13.8. The van der Waals surface area contributed by atoms with Crippen molar-refractivity contribution in [3.8, 4) is 0 Å². The highest BCUT2D eigenvalue weighted by atomic mass is 16.7. The van der Waals surface area contributed by atoms with Crippen LogP contribution in [0.2, 0.25) is 0 Å². The van der Waals surface area contributed by atoms with E-state index in [2.05, 4.69) is 67.8 Å². The van der Waals surface area contributed by atoms with E-state index in [0.717, 1.165) is 64.2 Å². The monoisotopic (exact) mass is 986 g/mol. The molecule has 0 saturated carbocycles. The Kier molecular flexibility index (Phi) is 47.5. The zero-order chi connectivity index (χ0) is 50.8. The molecule has 6 N–H and O–H groups in total. The van der Waals surface area contributed by atoms with Crippen molar-refractivity contribution < 1.29 is 39.8 Å². The summed E-state index contributed by atoms with van der Waals surface area (Å²) in [4.78, 5) is 13.1. The number of ether oxygens (including phenoxy) is 2. The number of carbonyl (C=O) groups is 1. The Morgan fingerprint density at radius 3 is 1.31 bits per heavy atom. The van der Waals surface area contributed by atoms with Crippen LogP contribution in [0.4, 0.5) is 0 Å². The molecule has 1 heterocycles. The van der Waals surface area contributed by atoms with Gasteiger partial charge in [0.1, 0.15) is 24.4 Å². The summed E-state index contributed by atoms with van der Waals surface area (Å²) in [6.45, 7) is 3.68. The van der Waals surface area contributed by atoms with E-state index < -0.39 is 49.5 Å². The molecule has 1 fully saturated rings. The van der Waals surface area contributed by atoms with Crippen molar-refractivity contribution in [2.45, 2.75) is 307 Å². The van der Waals surface area contributed by atoms with Crippen LogP contribution in [0.3, 0.4) is 0 Å². The minimum absolute atomic E-state index is 0.175. The number of carbonyl (C=O) groups excluding carboxylic acids is 1. The standard InChI is InChI=1S/C61H111NO8/c1-3-5-7-9-11-13-15-17-19-21-22-23-24-25-26-27-28-29-30-31-32-33-34-35-37-39-41-43-45-47-49-51-57(65)62-54(53-69-61-60(68)59(67)58(66)56(52-63)70-61)55(64)50-48-46-44-42-40-38-36-20-18-16-14-12-10-8-6-4-2/h5,7,11,13,17,19,22-23,48,50,54-56,58-61,63-64,66-68H,3-4,6,8-10,12,14-16,18,20-21,24-47,49,51-53H2,1-2H3,(H,62,65)/b7-5-,13-11-,19-17-,23-22-,50-48+. The van der Waals surface area contributed by atoms with Gasteiger partial charge in [-0.1, -0.05) is 261 Å². The number of amides is 1. The highest BCUT2D eigenvalue weighted by molar-refractivity contribution is 5.76. The van der Waals surface area contributed by atoms with Gasteiger partial charge in [0.25, 0.3) is 0 Å². The maximum atomic E-state index is 13.1. The van der Waals surface area contributed by atoms with Crippen LogP contribution < -0.4 is 5.32 Å². The van der Waals surface area contributed by atoms with Crippen LogP contribution in [-0.2, 0) is 14.3 Å². The van der Waals surface area contributed by atoms with Gasteiger partial charge in [0.05, 0.1) is 25.4 Å². The van der Waals surface area contributed by atoms with Crippen molar-refractivity contribution in [3.05, 3.63) is 60.8 Å². The minimum atomic E-state index is -1.57. The van der Waals surface area contributed by atoms with Crippen molar-refractivity contribution in [3.63, 3.8) is 0 Å². The van der Waals surface area contributed by atoms with Gasteiger partial charge in [0.15, 0.2) is 6.29 Å². The van der Waals surface area contributed by atoms with Crippen LogP contribution in [0.25, 0.3) is 0 Å². The first-order valence-electron chi connectivity index (χ1n) is 29.5. The highest BCUT2D eigenvalue weighted by Gasteiger charge is 2.44. The predicted octanol–water partition coefficient (Wildman–Crippen LogP) is 14.7. The number of rotatable bonds is 50. The van der Waals surface area contributed by atoms with Crippen molar-refractivity contribution in [1.82, 2.24) is 5.32 Å². The molecule has 408 valence electrons. The van der Waals surface area contributed by atoms with Gasteiger partial charge < -0.3 is 40.3 Å². The first kappa shape index (κ1) is 65.9. The molecule has 0 aliphatic carbocycles. The molecule has 7 atom stereocenters. The molecular weight excluding hydrogens is 875 g/mol. The maximum absolute atomic E-state index is 13.1. The summed E-state index contributed by atoms with van der Waals surface area (Å²) in [6, 6.07) is -0.805. The van der Waals surface area contributed by atoms with E-state index >= 15 is 0 Å². The summed E-state index contributed by atoms with van der Waals surface area (Å²) < 4.78 is 11.3. The van der Waals surface area contributed by atoms with Crippen molar-refractivity contribution in [1.29, 1.82) is 0 Å². The fraction of sp³-hybridized carbons (Fsp3) is 0.820. The molecular formula is C61H111NO8. The quantitative estimate of drug-likeness (QED) is 0.0261. The molecule has 9 nitrogen and oxygen atoms in total. The van der Waals surface area contributed by atoms with E-state index in [0.29, 0.717) is 6.42 Å². The van der Waals surface area contributed by atoms with Gasteiger partial charge in [-0.3, -0.25) is 4.79 Å². The summed E-state index contributed by atoms with van der Waals surface area (Å²) in [6.07, 6.45) is 61.5. The van der Waals surface area contributed by atoms with E-state index in [4.69, 9.17) is 9.47 Å². The summed E-state index contributed by atoms with van der Waals surface area (Å²) in [5.41, 5.74) is 0. The molecule has 1 amide bonds. The van der Waals surface area contributed by atoms with E-state index in [9.17, 15) is 30.3 Å². The number of aliphatic hydroxyl groups is 5. The lowest BCUT2D eigenvalue weighted by atomic mass is 9.99. The Balaban J connectivity index is 2.15. The number of hydrogen-bond acceptors (Lipinski definition) is 8. The minimum Gasteiger partial charge on any atom is -0.394 e. The summed E-state index contributed by atoms with van der Waals surface area (Å²) in [5.74, 6) is -0.175. The summed E-state index contributed by atoms with van der Waals surface area (Å²) in [5, 5.41) is 54.5. The van der Waals surface area contributed by atoms with Crippen LogP contribution in [-0.4, -0.2) is 87.5 Å². The Hall–Kier alpha value is -2.11. The number of unbranched alkanes of at least 4 members (excludes halogenated alkanes) is 32. The van der Waals surface area contributed by atoms with Crippen LogP contribution in [0.15, 0.2) is 60.8 Å². The van der Waals surface area contributed by atoms with Crippen molar-refractivity contribution in [2.75, 3.05) is 13.2 Å². The van der Waals surface area contributed by atoms with Gasteiger partial charge in [-0.05, 0) is 57.8 Å². The zero-order valence-electron chi connectivity index (χ0n) is 45.3. The normalized spacial score (nSPS) is 19.8. The third-order valence-electron chi connectivity index (χ3n) is 13.8. The summed E-state index contributed by atoms with van der Waals surface area (Å²) in [7, 11) is 0. The molecule has 9 heteroatoms. The molecule has 0 aromatic heterocycles. The Morgan fingerprint density at radius 2 is 0.886 bits per heavy atom. The highest BCUT2D eigenvalue weighted by Crippen LogP contribution is 2.23. The lowest BCUT2D eigenvalue weighted by molar-refractivity contribution is -0.302. The van der Waals surface area contributed by atoms with Gasteiger partial charge in [-0.2, -0.15) is 0 Å². The van der Waals surface area contributed by atoms with Gasteiger partial charge in [-0.15, -0.1) is 0 Å². The van der Waals surface area contributed by atoms with Crippen molar-refractivity contribution in [2.24, 2.45) is 0 Å². The fourth-order valence-corrected chi connectivity index (χ4v) is 9.21. The Morgan fingerprint density at radius 1 is 0.500 bits per heavy atom. The van der Waals surface area contributed by atoms with E-state index in [-0.39, 0.29) is 12.5 Å². The van der Waals surface area contributed by atoms with Crippen LogP contribution in [0.5, 0.6) is 0 Å². The Labute approximate surface area is 430 Å². The molecule has 70 heavy (non-hydrogen) atoms. The predicted molar refractivity (Wildman–Crippen MR) is 295 cm³/mol. The number of aliphatic hydroxyl groups excluding tert-OH is 5. The fourth-order valence-electron chi connectivity index (χ4n) is 9.21. The van der Waals surface area contributed by atoms with E-state index in [1.165, 1.54) is 180 Å². The average Bonchev–Trinajstić information content (AvgIpc) is 3.36. The van der Waals surface area contributed by atoms with Crippen molar-refractivity contribution >= 4 is 5.91 Å². The van der Waals surface area contributed by atoms with Crippen LogP contribution in [0.1, 0.15) is 264 Å². The zero-order valence-corrected chi connectivity index (χ0v) is 45.3. The first-order valence-corrected chi connectivity index (χ1v) is 29.5. The SMILES string of the molecule is CC/C=C\C/C=C\C/C=C\C/C=C\CCCCCCCCCCCCCCCCCCCCC(=O)NC(COC1OC(CO)C(O)C(O)C1O)C(O)/C=C/CCCCCCCCCCCCCCCC. The number of allylic oxidation sites excluding steroid dienone is 9. The molecule has 0 bridgehead atoms. The molecule has 0 radical (unpaired) electrons. The largest absolute Gasteiger partial charge is 0.394 e. The van der Waals surface area contributed by atoms with Gasteiger partial charge in [0, 0.05) is 6.42 Å². The number of nitrogens with one attached hydrogen (secondary N) is 1. The molecule has 1 rings (SSSR count). The molecule has 0 spiro atoms. The van der Waals surface area contributed by atoms with Gasteiger partial charge in [0.2, 0.25) is 5.91 Å². The lowest BCUT2D eigenvalue weighted by Crippen LogP contribution is -2.60. The Bertz CT molecular complexity index is 1280. The molecule has 1 aliphatic heterocycles. The molecule has 0 aromatic rings. The second-order valence-electron chi connectivity index (χ2n) is 20.4. The van der Waals surface area contributed by atoms with Gasteiger partial charge in [-0.25, -0.2) is 0 Å². The molecule has 7 unspecified atom stereocenters. The van der Waals surface area contributed by atoms with Crippen LogP contribution >= 0.6 is 0 Å². The van der Waals surface area contributed by atoms with E-state index in [1.807, 2.05) is 6.08 Å². The first-order chi connectivity index (χ1) is 34.3. The molecule has 1 aliphatic rings. The van der Waals surface area contributed by atoms with Gasteiger partial charge >= 0.3 is 0 Å². The summed E-state index contributed by atoms with van der Waals surface area (Å²) >= 11 is 0. The maximum Gasteiger partial charge on any atom is 0.220 e. The third kappa shape index (κ3) is 39.4. The number of hydrogen-bond donors (Lipinski definition) is 6. The topological polar surface area (TPSA) is 149 Å². The average molecular weight is 987 g/mol.